The van der Waals surface area contributed by atoms with E-state index in [0.29, 0.717) is 24.4 Å². The van der Waals surface area contributed by atoms with Crippen LogP contribution in [0, 0.1) is 5.92 Å². The topological polar surface area (TPSA) is 67.2 Å². The largest absolute Gasteiger partial charge is 0.388 e. The van der Waals surface area contributed by atoms with Crippen LogP contribution >= 0.6 is 0 Å². The predicted molar refractivity (Wildman–Crippen MR) is 94.8 cm³/mol. The Bertz CT molecular complexity index is 631. The van der Waals surface area contributed by atoms with Gasteiger partial charge in [0.1, 0.15) is 0 Å². The molecule has 5 heteroatoms. The van der Waals surface area contributed by atoms with E-state index in [-0.39, 0.29) is 12.5 Å². The summed E-state index contributed by atoms with van der Waals surface area (Å²) in [6.07, 6.45) is 5.26. The molecule has 0 saturated carbocycles. The first-order chi connectivity index (χ1) is 11.4. The number of carbonyl (C=O) groups is 1. The molecule has 2 rings (SSSR count). The number of aromatic nitrogens is 2. The fourth-order valence-electron chi connectivity index (χ4n) is 2.40. The van der Waals surface area contributed by atoms with E-state index in [9.17, 15) is 9.90 Å². The first kappa shape index (κ1) is 18.2. The van der Waals surface area contributed by atoms with Gasteiger partial charge in [0.25, 0.3) is 5.91 Å². The van der Waals surface area contributed by atoms with Gasteiger partial charge in [0.05, 0.1) is 12.1 Å². The number of benzene rings is 1. The van der Waals surface area contributed by atoms with Crippen molar-refractivity contribution >= 4 is 5.91 Å². The van der Waals surface area contributed by atoms with Gasteiger partial charge in [-0.15, -0.1) is 0 Å². The van der Waals surface area contributed by atoms with Crippen molar-refractivity contribution in [3.05, 3.63) is 53.9 Å². The first-order valence-corrected chi connectivity index (χ1v) is 8.43. The SMILES string of the molecule is CC(C)CCC(C)(O)CNC(=O)c1ccc(Cn2cccn2)cc1. The lowest BCUT2D eigenvalue weighted by Crippen LogP contribution is -2.40. The molecular weight excluding hydrogens is 302 g/mol. The highest BCUT2D eigenvalue weighted by molar-refractivity contribution is 5.94. The molecule has 1 heterocycles. The molecule has 0 saturated heterocycles. The minimum absolute atomic E-state index is 0.162. The van der Waals surface area contributed by atoms with Crippen LogP contribution in [0.4, 0.5) is 0 Å². The van der Waals surface area contributed by atoms with Crippen LogP contribution in [-0.2, 0) is 6.54 Å². The summed E-state index contributed by atoms with van der Waals surface area (Å²) in [7, 11) is 0. The van der Waals surface area contributed by atoms with E-state index in [1.165, 1.54) is 0 Å². The molecule has 1 unspecified atom stereocenters. The fraction of sp³-hybridized carbons (Fsp3) is 0.474. The smallest absolute Gasteiger partial charge is 0.251 e. The second-order valence-electron chi connectivity index (χ2n) is 7.01. The van der Waals surface area contributed by atoms with Crippen molar-refractivity contribution < 1.29 is 9.90 Å². The van der Waals surface area contributed by atoms with Crippen LogP contribution in [0.5, 0.6) is 0 Å². The molecule has 1 amide bonds. The Labute approximate surface area is 143 Å². The van der Waals surface area contributed by atoms with Crippen molar-refractivity contribution in [1.29, 1.82) is 0 Å². The number of amides is 1. The standard InChI is InChI=1S/C19H27N3O2/c1-15(2)9-10-19(3,24)14-20-18(23)17-7-5-16(6-8-17)13-22-12-4-11-21-22/h4-8,11-12,15,24H,9-10,13-14H2,1-3H3,(H,20,23). The maximum absolute atomic E-state index is 12.2. The Kier molecular flexibility index (Phi) is 6.15. The van der Waals surface area contributed by atoms with Crippen molar-refractivity contribution in [3.8, 4) is 0 Å². The molecule has 0 spiro atoms. The number of nitrogens with one attached hydrogen (secondary N) is 1. The lowest BCUT2D eigenvalue weighted by molar-refractivity contribution is 0.0429. The molecule has 130 valence electrons. The molecule has 0 fully saturated rings. The molecular formula is C19H27N3O2. The number of hydrogen-bond acceptors (Lipinski definition) is 3. The van der Waals surface area contributed by atoms with Crippen molar-refractivity contribution in [2.45, 2.75) is 45.8 Å². The maximum Gasteiger partial charge on any atom is 0.251 e. The van der Waals surface area contributed by atoms with Gasteiger partial charge in [0.15, 0.2) is 0 Å². The summed E-state index contributed by atoms with van der Waals surface area (Å²) >= 11 is 0. The van der Waals surface area contributed by atoms with Crippen molar-refractivity contribution in [1.82, 2.24) is 15.1 Å². The molecule has 0 radical (unpaired) electrons. The average molecular weight is 329 g/mol. The van der Waals surface area contributed by atoms with E-state index in [1.54, 1.807) is 25.3 Å². The van der Waals surface area contributed by atoms with Crippen LogP contribution in [0.3, 0.4) is 0 Å². The maximum atomic E-state index is 12.2. The third-order valence-electron chi connectivity index (χ3n) is 4.01. The molecule has 1 atom stereocenters. The number of carbonyl (C=O) groups excluding carboxylic acids is 1. The lowest BCUT2D eigenvalue weighted by atomic mass is 9.95. The molecule has 0 bridgehead atoms. The van der Waals surface area contributed by atoms with Crippen LogP contribution < -0.4 is 5.32 Å². The lowest BCUT2D eigenvalue weighted by Gasteiger charge is -2.24. The molecule has 2 aromatic rings. The van der Waals surface area contributed by atoms with E-state index in [4.69, 9.17) is 0 Å². The van der Waals surface area contributed by atoms with Gasteiger partial charge in [-0.3, -0.25) is 9.48 Å². The number of nitrogens with zero attached hydrogens (tertiary/aromatic N) is 2. The van der Waals surface area contributed by atoms with Crippen LogP contribution in [0.1, 0.15) is 49.5 Å². The van der Waals surface area contributed by atoms with E-state index in [0.717, 1.165) is 12.0 Å². The zero-order chi connectivity index (χ0) is 17.6. The second-order valence-corrected chi connectivity index (χ2v) is 7.01. The zero-order valence-electron chi connectivity index (χ0n) is 14.7. The Morgan fingerprint density at radius 1 is 1.33 bits per heavy atom. The first-order valence-electron chi connectivity index (χ1n) is 8.43. The monoisotopic (exact) mass is 329 g/mol. The number of aliphatic hydroxyl groups is 1. The number of hydrogen-bond donors (Lipinski definition) is 2. The van der Waals surface area contributed by atoms with Gasteiger partial charge in [-0.1, -0.05) is 26.0 Å². The molecule has 2 N–H and O–H groups in total. The second kappa shape index (κ2) is 8.11. The van der Waals surface area contributed by atoms with Crippen molar-refractivity contribution in [3.63, 3.8) is 0 Å². The highest BCUT2D eigenvalue weighted by atomic mass is 16.3. The summed E-state index contributed by atoms with van der Waals surface area (Å²) in [4.78, 5) is 12.2. The molecule has 1 aromatic carbocycles. The van der Waals surface area contributed by atoms with Crippen LogP contribution in [0.25, 0.3) is 0 Å². The van der Waals surface area contributed by atoms with Gasteiger partial charge in [0.2, 0.25) is 0 Å². The summed E-state index contributed by atoms with van der Waals surface area (Å²) in [5, 5.41) is 17.3. The Morgan fingerprint density at radius 3 is 2.62 bits per heavy atom. The molecule has 0 aliphatic rings. The van der Waals surface area contributed by atoms with Gasteiger partial charge in [0, 0.05) is 24.5 Å². The summed E-state index contributed by atoms with van der Waals surface area (Å²) in [6.45, 7) is 6.95. The van der Waals surface area contributed by atoms with Crippen molar-refractivity contribution in [2.24, 2.45) is 5.92 Å². The van der Waals surface area contributed by atoms with E-state index in [2.05, 4.69) is 24.3 Å². The Morgan fingerprint density at radius 2 is 2.04 bits per heavy atom. The Hall–Kier alpha value is -2.14. The van der Waals surface area contributed by atoms with E-state index < -0.39 is 5.60 Å². The molecule has 24 heavy (non-hydrogen) atoms. The van der Waals surface area contributed by atoms with Crippen LogP contribution in [0.15, 0.2) is 42.7 Å². The van der Waals surface area contributed by atoms with Gasteiger partial charge in [-0.2, -0.15) is 5.10 Å². The Balaban J connectivity index is 1.86. The van der Waals surface area contributed by atoms with Gasteiger partial charge in [-0.25, -0.2) is 0 Å². The van der Waals surface area contributed by atoms with Crippen molar-refractivity contribution in [2.75, 3.05) is 6.54 Å². The highest BCUT2D eigenvalue weighted by Gasteiger charge is 2.21. The normalized spacial score (nSPS) is 13.7. The van der Waals surface area contributed by atoms with Gasteiger partial charge >= 0.3 is 0 Å². The van der Waals surface area contributed by atoms with E-state index >= 15 is 0 Å². The quantitative estimate of drug-likeness (QED) is 0.782. The summed E-state index contributed by atoms with van der Waals surface area (Å²) in [5.41, 5.74) is 0.804. The molecule has 5 nitrogen and oxygen atoms in total. The third-order valence-corrected chi connectivity index (χ3v) is 4.01. The minimum Gasteiger partial charge on any atom is -0.388 e. The predicted octanol–water partition coefficient (Wildman–Crippen LogP) is 2.85. The van der Waals surface area contributed by atoms with Crippen LogP contribution in [-0.4, -0.2) is 32.9 Å². The average Bonchev–Trinajstić information content (AvgIpc) is 3.05. The summed E-state index contributed by atoms with van der Waals surface area (Å²) < 4.78 is 1.83. The van der Waals surface area contributed by atoms with E-state index in [1.807, 2.05) is 29.1 Å². The molecule has 0 aliphatic heterocycles. The third kappa shape index (κ3) is 5.81. The van der Waals surface area contributed by atoms with Gasteiger partial charge in [-0.05, 0) is 49.4 Å². The molecule has 1 aromatic heterocycles. The zero-order valence-corrected chi connectivity index (χ0v) is 14.7. The summed E-state index contributed by atoms with van der Waals surface area (Å²) in [6, 6.07) is 9.34. The summed E-state index contributed by atoms with van der Waals surface area (Å²) in [5.74, 6) is 0.375. The van der Waals surface area contributed by atoms with Gasteiger partial charge < -0.3 is 10.4 Å². The minimum atomic E-state index is -0.875. The fourth-order valence-corrected chi connectivity index (χ4v) is 2.40. The molecule has 0 aliphatic carbocycles. The highest BCUT2D eigenvalue weighted by Crippen LogP contribution is 2.15. The number of rotatable bonds is 8. The van der Waals surface area contributed by atoms with Crippen LogP contribution in [0.2, 0.25) is 0 Å².